The summed E-state index contributed by atoms with van der Waals surface area (Å²) in [7, 11) is 0. The van der Waals surface area contributed by atoms with E-state index < -0.39 is 0 Å². The first-order valence-electron chi connectivity index (χ1n) is 4.81. The molecule has 1 heterocycles. The second-order valence-electron chi connectivity index (χ2n) is 3.25. The maximum atomic E-state index is 5.65. The topological polar surface area (TPSA) is 27.7 Å². The Morgan fingerprint density at radius 1 is 1.21 bits per heavy atom. The van der Waals surface area contributed by atoms with E-state index in [-0.39, 0.29) is 12.4 Å². The Kier molecular flexibility index (Phi) is 3.01. The molecule has 0 spiro atoms. The Morgan fingerprint density at radius 3 is 2.50 bits per heavy atom. The third-order valence-corrected chi connectivity index (χ3v) is 2.10. The van der Waals surface area contributed by atoms with Crippen LogP contribution in [-0.4, -0.2) is 25.6 Å². The highest BCUT2D eigenvalue weighted by molar-refractivity contribution is 5.21. The lowest BCUT2D eigenvalue weighted by atomic mass is 10.3. The number of para-hydroxylation sites is 1. The van der Waals surface area contributed by atoms with Gasteiger partial charge in [0.1, 0.15) is 11.9 Å². The normalized spacial score (nSPS) is 19.5. The molecule has 0 amide bonds. The molecule has 76 valence electrons. The summed E-state index contributed by atoms with van der Waals surface area (Å²) < 4.78 is 16.3. The van der Waals surface area contributed by atoms with Crippen LogP contribution in [0, 0.1) is 0 Å². The van der Waals surface area contributed by atoms with Crippen LogP contribution in [0.25, 0.3) is 0 Å². The van der Waals surface area contributed by atoms with Gasteiger partial charge in [0.2, 0.25) is 0 Å². The molecule has 1 aliphatic heterocycles. The van der Waals surface area contributed by atoms with Crippen molar-refractivity contribution in [2.75, 3.05) is 13.2 Å². The molecule has 0 N–H and O–H groups in total. The van der Waals surface area contributed by atoms with Gasteiger partial charge in [-0.3, -0.25) is 0 Å². The molecule has 0 bridgehead atoms. The lowest BCUT2D eigenvalue weighted by Crippen LogP contribution is -2.29. The van der Waals surface area contributed by atoms with Crippen molar-refractivity contribution in [3.8, 4) is 5.75 Å². The Balaban J connectivity index is 1.90. The molecule has 1 unspecified atom stereocenters. The molecule has 2 rings (SSSR count). The Bertz CT molecular complexity index is 267. The standard InChI is InChI=1S/C11H14O3/c1-9(11-12-7-8-13-11)14-10-5-3-2-4-6-10/h2-6,9,11H,7-8H2,1H3. The minimum absolute atomic E-state index is 0.0695. The highest BCUT2D eigenvalue weighted by Gasteiger charge is 2.24. The van der Waals surface area contributed by atoms with Crippen LogP contribution < -0.4 is 4.74 Å². The molecule has 1 aliphatic rings. The van der Waals surface area contributed by atoms with Crippen LogP contribution in [0.3, 0.4) is 0 Å². The van der Waals surface area contributed by atoms with Crippen molar-refractivity contribution in [3.05, 3.63) is 30.3 Å². The van der Waals surface area contributed by atoms with Crippen LogP contribution in [0.15, 0.2) is 30.3 Å². The van der Waals surface area contributed by atoms with Gasteiger partial charge in [0.25, 0.3) is 0 Å². The van der Waals surface area contributed by atoms with Gasteiger partial charge < -0.3 is 14.2 Å². The minimum atomic E-state index is -0.227. The van der Waals surface area contributed by atoms with Crippen LogP contribution in [0.4, 0.5) is 0 Å². The average molecular weight is 194 g/mol. The van der Waals surface area contributed by atoms with Crippen molar-refractivity contribution in [3.63, 3.8) is 0 Å². The van der Waals surface area contributed by atoms with Crippen molar-refractivity contribution in [1.29, 1.82) is 0 Å². The molecule has 1 atom stereocenters. The SMILES string of the molecule is CC(Oc1ccccc1)C1OCCO1. The zero-order valence-electron chi connectivity index (χ0n) is 8.18. The van der Waals surface area contributed by atoms with E-state index >= 15 is 0 Å². The summed E-state index contributed by atoms with van der Waals surface area (Å²) in [4.78, 5) is 0. The van der Waals surface area contributed by atoms with Crippen molar-refractivity contribution >= 4 is 0 Å². The first-order chi connectivity index (χ1) is 6.86. The predicted octanol–water partition coefficient (Wildman–Crippen LogP) is 1.83. The molecule has 3 heteroatoms. The summed E-state index contributed by atoms with van der Waals surface area (Å²) in [6.07, 6.45) is -0.296. The van der Waals surface area contributed by atoms with Gasteiger partial charge in [-0.15, -0.1) is 0 Å². The van der Waals surface area contributed by atoms with Gasteiger partial charge in [-0.1, -0.05) is 18.2 Å². The van der Waals surface area contributed by atoms with E-state index in [1.165, 1.54) is 0 Å². The number of ether oxygens (including phenoxy) is 3. The van der Waals surface area contributed by atoms with E-state index in [1.807, 2.05) is 37.3 Å². The third-order valence-electron chi connectivity index (χ3n) is 2.10. The Hall–Kier alpha value is -1.06. The summed E-state index contributed by atoms with van der Waals surface area (Å²) in [6.45, 7) is 3.27. The van der Waals surface area contributed by atoms with Crippen molar-refractivity contribution in [1.82, 2.24) is 0 Å². The first-order valence-corrected chi connectivity index (χ1v) is 4.81. The number of hydrogen-bond donors (Lipinski definition) is 0. The smallest absolute Gasteiger partial charge is 0.194 e. The summed E-state index contributed by atoms with van der Waals surface area (Å²) in [6, 6.07) is 9.69. The van der Waals surface area contributed by atoms with E-state index in [2.05, 4.69) is 0 Å². The van der Waals surface area contributed by atoms with Gasteiger partial charge in [0, 0.05) is 0 Å². The highest BCUT2D eigenvalue weighted by atomic mass is 16.7. The fourth-order valence-electron chi connectivity index (χ4n) is 1.42. The van der Waals surface area contributed by atoms with Gasteiger partial charge in [0.05, 0.1) is 13.2 Å². The average Bonchev–Trinajstić information content (AvgIpc) is 2.72. The highest BCUT2D eigenvalue weighted by Crippen LogP contribution is 2.16. The van der Waals surface area contributed by atoms with E-state index in [4.69, 9.17) is 14.2 Å². The third kappa shape index (κ3) is 2.25. The molecule has 0 aromatic heterocycles. The Morgan fingerprint density at radius 2 is 1.86 bits per heavy atom. The molecule has 1 fully saturated rings. The number of rotatable bonds is 3. The molecule has 0 aliphatic carbocycles. The number of hydrogen-bond acceptors (Lipinski definition) is 3. The zero-order valence-corrected chi connectivity index (χ0v) is 8.18. The van der Waals surface area contributed by atoms with Crippen LogP contribution in [0.2, 0.25) is 0 Å². The summed E-state index contributed by atoms with van der Waals surface area (Å²) in [5.74, 6) is 0.846. The minimum Gasteiger partial charge on any atom is -0.485 e. The molecular weight excluding hydrogens is 180 g/mol. The fourth-order valence-corrected chi connectivity index (χ4v) is 1.42. The van der Waals surface area contributed by atoms with Crippen LogP contribution >= 0.6 is 0 Å². The molecule has 0 radical (unpaired) electrons. The Labute approximate surface area is 83.6 Å². The monoisotopic (exact) mass is 194 g/mol. The molecule has 1 aromatic rings. The van der Waals surface area contributed by atoms with Crippen molar-refractivity contribution in [2.24, 2.45) is 0 Å². The fraction of sp³-hybridized carbons (Fsp3) is 0.455. The second kappa shape index (κ2) is 4.44. The summed E-state index contributed by atoms with van der Waals surface area (Å²) in [5.41, 5.74) is 0. The van der Waals surface area contributed by atoms with Gasteiger partial charge in [-0.25, -0.2) is 0 Å². The molecule has 1 aromatic carbocycles. The van der Waals surface area contributed by atoms with Gasteiger partial charge in [-0.2, -0.15) is 0 Å². The van der Waals surface area contributed by atoms with Crippen molar-refractivity contribution < 1.29 is 14.2 Å². The van der Waals surface area contributed by atoms with Gasteiger partial charge >= 0.3 is 0 Å². The van der Waals surface area contributed by atoms with Gasteiger partial charge in [0.15, 0.2) is 6.29 Å². The summed E-state index contributed by atoms with van der Waals surface area (Å²) in [5, 5.41) is 0. The largest absolute Gasteiger partial charge is 0.485 e. The lowest BCUT2D eigenvalue weighted by molar-refractivity contribution is -0.104. The molecular formula is C11H14O3. The van der Waals surface area contributed by atoms with Crippen LogP contribution in [0.5, 0.6) is 5.75 Å². The summed E-state index contributed by atoms with van der Waals surface area (Å²) >= 11 is 0. The van der Waals surface area contributed by atoms with Crippen molar-refractivity contribution in [2.45, 2.75) is 19.3 Å². The first kappa shape index (κ1) is 9.49. The molecule has 1 saturated heterocycles. The van der Waals surface area contributed by atoms with Crippen LogP contribution in [-0.2, 0) is 9.47 Å². The van der Waals surface area contributed by atoms with E-state index in [0.29, 0.717) is 13.2 Å². The second-order valence-corrected chi connectivity index (χ2v) is 3.25. The lowest BCUT2D eigenvalue weighted by Gasteiger charge is -2.19. The van der Waals surface area contributed by atoms with E-state index in [1.54, 1.807) is 0 Å². The van der Waals surface area contributed by atoms with E-state index in [9.17, 15) is 0 Å². The molecule has 14 heavy (non-hydrogen) atoms. The maximum Gasteiger partial charge on any atom is 0.194 e. The predicted molar refractivity (Wildman–Crippen MR) is 52.2 cm³/mol. The zero-order chi connectivity index (χ0) is 9.80. The van der Waals surface area contributed by atoms with Crippen LogP contribution in [0.1, 0.15) is 6.92 Å². The molecule has 3 nitrogen and oxygen atoms in total. The number of benzene rings is 1. The maximum absolute atomic E-state index is 5.65. The van der Waals surface area contributed by atoms with E-state index in [0.717, 1.165) is 5.75 Å². The van der Waals surface area contributed by atoms with Gasteiger partial charge in [-0.05, 0) is 19.1 Å². The molecule has 0 saturated carbocycles. The quantitative estimate of drug-likeness (QED) is 0.734.